The second kappa shape index (κ2) is 40.2. The van der Waals surface area contributed by atoms with E-state index in [1.807, 2.05) is 0 Å². The number of aliphatic hydroxyl groups is 7. The first-order chi connectivity index (χ1) is 32.1. The van der Waals surface area contributed by atoms with Gasteiger partial charge in [-0.25, -0.2) is 0 Å². The molecule has 14 nitrogen and oxygen atoms in total. The zero-order chi connectivity index (χ0) is 48.0. The number of allylic oxidation sites excluding steroid dienone is 4. The molecule has 0 aliphatic carbocycles. The average molecular weight is 945 g/mol. The molecule has 0 radical (unpaired) electrons. The van der Waals surface area contributed by atoms with Crippen LogP contribution in [0.1, 0.15) is 200 Å². The van der Waals surface area contributed by atoms with Crippen LogP contribution in [-0.2, 0) is 33.2 Å². The molecule has 0 aromatic rings. The van der Waals surface area contributed by atoms with Crippen LogP contribution in [0.4, 0.5) is 0 Å². The van der Waals surface area contributed by atoms with E-state index < -0.39 is 80.7 Å². The summed E-state index contributed by atoms with van der Waals surface area (Å²) >= 11 is 0. The van der Waals surface area contributed by atoms with Crippen LogP contribution in [0.15, 0.2) is 24.3 Å². The molecule has 0 aromatic carbocycles. The topological polar surface area (TPSA) is 214 Å². The lowest BCUT2D eigenvalue weighted by atomic mass is 9.98. The highest BCUT2D eigenvalue weighted by molar-refractivity contribution is 5.69. The van der Waals surface area contributed by atoms with Crippen molar-refractivity contribution in [2.45, 2.75) is 268 Å². The first kappa shape index (κ1) is 60.6. The second-order valence-electron chi connectivity index (χ2n) is 18.7. The van der Waals surface area contributed by atoms with Crippen LogP contribution in [0.25, 0.3) is 0 Å². The molecule has 2 saturated heterocycles. The Morgan fingerprint density at radius 1 is 0.500 bits per heavy atom. The van der Waals surface area contributed by atoms with Gasteiger partial charge in [-0.1, -0.05) is 173 Å². The minimum absolute atomic E-state index is 0.0581. The number of ether oxygens (including phenoxy) is 6. The van der Waals surface area contributed by atoms with E-state index in [9.17, 15) is 40.5 Å². The number of unbranched alkanes of at least 4 members (excludes halogenated alkanes) is 24. The van der Waals surface area contributed by atoms with Crippen molar-refractivity contribution >= 4 is 5.97 Å². The first-order valence-electron chi connectivity index (χ1n) is 26.4. The highest BCUT2D eigenvalue weighted by atomic mass is 16.7. The molecule has 0 amide bonds. The van der Waals surface area contributed by atoms with Gasteiger partial charge < -0.3 is 64.2 Å². The van der Waals surface area contributed by atoms with Crippen LogP contribution in [0.3, 0.4) is 0 Å². The fourth-order valence-corrected chi connectivity index (χ4v) is 8.37. The average Bonchev–Trinajstić information content (AvgIpc) is 3.31. The second-order valence-corrected chi connectivity index (χ2v) is 18.7. The van der Waals surface area contributed by atoms with Crippen molar-refractivity contribution in [1.29, 1.82) is 0 Å². The normalized spacial score (nSPS) is 26.4. The van der Waals surface area contributed by atoms with E-state index in [0.717, 1.165) is 57.8 Å². The maximum absolute atomic E-state index is 13.0. The Hall–Kier alpha value is -1.53. The molecule has 388 valence electrons. The van der Waals surface area contributed by atoms with Crippen molar-refractivity contribution in [3.8, 4) is 0 Å². The van der Waals surface area contributed by atoms with Crippen LogP contribution in [0.2, 0.25) is 0 Å². The Bertz CT molecular complexity index is 1190. The number of carbonyl (C=O) groups is 1. The number of hydrogen-bond acceptors (Lipinski definition) is 14. The zero-order valence-corrected chi connectivity index (χ0v) is 41.2. The minimum Gasteiger partial charge on any atom is -0.457 e. The van der Waals surface area contributed by atoms with Gasteiger partial charge >= 0.3 is 5.97 Å². The molecule has 14 heteroatoms. The van der Waals surface area contributed by atoms with Gasteiger partial charge in [0.1, 0.15) is 54.9 Å². The molecule has 11 atom stereocenters. The largest absolute Gasteiger partial charge is 0.457 e. The van der Waals surface area contributed by atoms with E-state index >= 15 is 0 Å². The van der Waals surface area contributed by atoms with E-state index in [-0.39, 0.29) is 25.6 Å². The minimum atomic E-state index is -1.71. The third-order valence-corrected chi connectivity index (χ3v) is 12.7. The molecule has 2 fully saturated rings. The van der Waals surface area contributed by atoms with Crippen molar-refractivity contribution in [2.75, 3.05) is 33.0 Å². The zero-order valence-electron chi connectivity index (χ0n) is 41.2. The lowest BCUT2D eigenvalue weighted by Gasteiger charge is -2.42. The van der Waals surface area contributed by atoms with E-state index in [1.54, 1.807) is 0 Å². The van der Waals surface area contributed by atoms with Crippen LogP contribution < -0.4 is 0 Å². The molecule has 0 spiro atoms. The summed E-state index contributed by atoms with van der Waals surface area (Å²) < 4.78 is 34.3. The molecular weight excluding hydrogens is 849 g/mol. The Balaban J connectivity index is 1.76. The molecule has 0 saturated carbocycles. The van der Waals surface area contributed by atoms with Crippen molar-refractivity contribution in [1.82, 2.24) is 0 Å². The van der Waals surface area contributed by atoms with Gasteiger partial charge in [0.25, 0.3) is 0 Å². The van der Waals surface area contributed by atoms with Gasteiger partial charge in [-0.05, 0) is 44.9 Å². The monoisotopic (exact) mass is 945 g/mol. The van der Waals surface area contributed by atoms with Crippen LogP contribution >= 0.6 is 0 Å². The predicted molar refractivity (Wildman–Crippen MR) is 257 cm³/mol. The Kier molecular flexibility index (Phi) is 36.9. The van der Waals surface area contributed by atoms with Crippen molar-refractivity contribution in [2.24, 2.45) is 0 Å². The van der Waals surface area contributed by atoms with E-state index in [0.29, 0.717) is 13.0 Å². The fraction of sp³-hybridized carbons (Fsp3) is 0.904. The van der Waals surface area contributed by atoms with Crippen LogP contribution in [0.5, 0.6) is 0 Å². The van der Waals surface area contributed by atoms with Crippen molar-refractivity contribution in [3.63, 3.8) is 0 Å². The number of hydrogen-bond donors (Lipinski definition) is 7. The number of carbonyl (C=O) groups excluding carboxylic acids is 1. The highest BCUT2D eigenvalue weighted by Gasteiger charge is 2.47. The quantitative estimate of drug-likeness (QED) is 0.0175. The Morgan fingerprint density at radius 2 is 0.939 bits per heavy atom. The summed E-state index contributed by atoms with van der Waals surface area (Å²) in [5.41, 5.74) is 0. The molecule has 11 unspecified atom stereocenters. The maximum Gasteiger partial charge on any atom is 0.306 e. The number of esters is 1. The fourth-order valence-electron chi connectivity index (χ4n) is 8.37. The van der Waals surface area contributed by atoms with Gasteiger partial charge in [-0.15, -0.1) is 0 Å². The lowest BCUT2D eigenvalue weighted by molar-refractivity contribution is -0.332. The summed E-state index contributed by atoms with van der Waals surface area (Å²) in [6, 6.07) is 0. The van der Waals surface area contributed by atoms with Gasteiger partial charge in [0.05, 0.1) is 26.4 Å². The molecule has 2 aliphatic heterocycles. The summed E-state index contributed by atoms with van der Waals surface area (Å²) in [7, 11) is 0. The van der Waals surface area contributed by atoms with E-state index in [2.05, 4.69) is 38.2 Å². The summed E-state index contributed by atoms with van der Waals surface area (Å²) in [4.78, 5) is 13.0. The molecule has 7 N–H and O–H groups in total. The standard InChI is InChI=1S/C52H96O14/c1-3-5-7-9-11-13-15-17-19-21-23-25-27-29-31-33-35-44(54)64-41(38-61-36-34-32-30-28-26-24-22-20-18-16-14-12-10-8-6-4-2)39-62-51-50(60)48(58)46(56)43(66-51)40-63-52-49(59)47(57)45(55)42(37-53)65-52/h12,14,18,20,41-43,45-53,55-60H,3-11,13,15-17,19,21-40H2,1-2H3/b14-12-,20-18-. The molecular formula is C52H96O14. The third kappa shape index (κ3) is 27.6. The van der Waals surface area contributed by atoms with Gasteiger partial charge in [0.15, 0.2) is 12.6 Å². The summed E-state index contributed by atoms with van der Waals surface area (Å²) in [5.74, 6) is -0.377. The summed E-state index contributed by atoms with van der Waals surface area (Å²) in [5, 5.41) is 72.1. The first-order valence-corrected chi connectivity index (χ1v) is 26.4. The van der Waals surface area contributed by atoms with Gasteiger partial charge in [0.2, 0.25) is 0 Å². The molecule has 0 bridgehead atoms. The highest BCUT2D eigenvalue weighted by Crippen LogP contribution is 2.26. The van der Waals surface area contributed by atoms with E-state index in [4.69, 9.17) is 28.4 Å². The molecule has 66 heavy (non-hydrogen) atoms. The maximum atomic E-state index is 13.0. The van der Waals surface area contributed by atoms with E-state index in [1.165, 1.54) is 116 Å². The smallest absolute Gasteiger partial charge is 0.306 e. The van der Waals surface area contributed by atoms with Gasteiger partial charge in [-0.2, -0.15) is 0 Å². The van der Waals surface area contributed by atoms with Crippen molar-refractivity contribution in [3.05, 3.63) is 24.3 Å². The summed E-state index contributed by atoms with van der Waals surface area (Å²) in [6.45, 7) is 3.66. The molecule has 2 rings (SSSR count). The third-order valence-electron chi connectivity index (χ3n) is 12.7. The van der Waals surface area contributed by atoms with Crippen LogP contribution in [-0.4, -0.2) is 142 Å². The Labute approximate surface area is 398 Å². The number of rotatable bonds is 42. The van der Waals surface area contributed by atoms with Gasteiger partial charge in [-0.3, -0.25) is 4.79 Å². The molecule has 2 heterocycles. The van der Waals surface area contributed by atoms with Gasteiger partial charge in [0, 0.05) is 13.0 Å². The summed E-state index contributed by atoms with van der Waals surface area (Å²) in [6.07, 6.45) is 26.6. The predicted octanol–water partition coefficient (Wildman–Crippen LogP) is 8.02. The number of aliphatic hydroxyl groups excluding tert-OH is 7. The molecule has 0 aromatic heterocycles. The van der Waals surface area contributed by atoms with Crippen molar-refractivity contribution < 1.29 is 69.0 Å². The van der Waals surface area contributed by atoms with Crippen LogP contribution in [0, 0.1) is 0 Å². The lowest BCUT2D eigenvalue weighted by Crippen LogP contribution is -2.61. The SMILES string of the molecule is CCCCC/C=C\C/C=C\CCCCCCCCOCC(COC1OC(COC2OC(CO)C(O)C(O)C2O)C(O)C(O)C1O)OC(=O)CCCCCCCCCCCCCCCCCC. The Morgan fingerprint density at radius 3 is 1.48 bits per heavy atom. The molecule has 2 aliphatic rings.